The largest absolute Gasteiger partial charge is 0.476 e. The lowest BCUT2D eigenvalue weighted by atomic mass is 9.34. The number of carboxylic acid groups (broad SMARTS) is 1. The molecular weight excluding hydrogens is 208 g/mol. The number of aromatic nitrogens is 3. The molecule has 1 N–H and O–H groups in total. The third-order valence-electron chi connectivity index (χ3n) is 3.69. The average Bonchev–Trinajstić information content (AvgIpc) is 2.44. The Morgan fingerprint density at radius 1 is 1.50 bits per heavy atom. The SMILES string of the molecule is Cn1nc(C(=O)O)c(C23CC(C#N)(C2)C3)n1. The van der Waals surface area contributed by atoms with Gasteiger partial charge in [0.05, 0.1) is 11.5 Å². The van der Waals surface area contributed by atoms with E-state index in [1.165, 1.54) is 4.80 Å². The zero-order valence-electron chi connectivity index (χ0n) is 8.77. The van der Waals surface area contributed by atoms with Crippen molar-refractivity contribution in [3.8, 4) is 6.07 Å². The monoisotopic (exact) mass is 218 g/mol. The van der Waals surface area contributed by atoms with E-state index in [-0.39, 0.29) is 16.5 Å². The number of hydrogen-bond acceptors (Lipinski definition) is 4. The predicted octanol–water partition coefficient (Wildman–Crippen LogP) is 0.459. The fourth-order valence-corrected chi connectivity index (χ4v) is 3.07. The number of aromatic carboxylic acids is 1. The molecule has 3 saturated carbocycles. The Balaban J connectivity index is 1.99. The zero-order valence-corrected chi connectivity index (χ0v) is 8.77. The van der Waals surface area contributed by atoms with E-state index < -0.39 is 5.97 Å². The molecule has 0 amide bonds. The van der Waals surface area contributed by atoms with Crippen LogP contribution in [-0.4, -0.2) is 26.1 Å². The van der Waals surface area contributed by atoms with Gasteiger partial charge in [-0.1, -0.05) is 0 Å². The normalized spacial score (nSPS) is 34.8. The van der Waals surface area contributed by atoms with Gasteiger partial charge in [0.1, 0.15) is 5.69 Å². The third-order valence-corrected chi connectivity index (χ3v) is 3.69. The minimum Gasteiger partial charge on any atom is -0.476 e. The zero-order chi connectivity index (χ0) is 11.6. The number of carboxylic acids is 1. The molecule has 6 heteroatoms. The van der Waals surface area contributed by atoms with Gasteiger partial charge in [-0.25, -0.2) is 4.79 Å². The maximum Gasteiger partial charge on any atom is 0.358 e. The van der Waals surface area contributed by atoms with Crippen LogP contribution in [0.1, 0.15) is 35.4 Å². The Hall–Kier alpha value is -1.90. The summed E-state index contributed by atoms with van der Waals surface area (Å²) in [6.07, 6.45) is 2.19. The van der Waals surface area contributed by atoms with E-state index in [2.05, 4.69) is 16.3 Å². The van der Waals surface area contributed by atoms with E-state index in [1.54, 1.807) is 7.05 Å². The molecule has 0 aliphatic heterocycles. The van der Waals surface area contributed by atoms with Crippen LogP contribution in [0.2, 0.25) is 0 Å². The lowest BCUT2D eigenvalue weighted by Crippen LogP contribution is -2.64. The van der Waals surface area contributed by atoms with E-state index in [4.69, 9.17) is 10.4 Å². The first-order chi connectivity index (χ1) is 7.50. The van der Waals surface area contributed by atoms with Crippen molar-refractivity contribution in [3.05, 3.63) is 11.4 Å². The molecule has 3 aliphatic rings. The topological polar surface area (TPSA) is 91.8 Å². The molecule has 0 aromatic carbocycles. The standard InChI is InChI=1S/C10H10N4O2/c1-14-12-6(8(15)16)7(13-14)10-2-9(3-10,4-10)5-11/h2-4H2,1H3,(H,15,16). The molecule has 1 aromatic rings. The predicted molar refractivity (Wildman–Crippen MR) is 51.5 cm³/mol. The summed E-state index contributed by atoms with van der Waals surface area (Å²) in [5, 5.41) is 25.9. The van der Waals surface area contributed by atoms with Gasteiger partial charge in [0.2, 0.25) is 0 Å². The summed E-state index contributed by atoms with van der Waals surface area (Å²) in [6.45, 7) is 0. The molecule has 1 aromatic heterocycles. The van der Waals surface area contributed by atoms with Crippen LogP contribution in [0.25, 0.3) is 0 Å². The third kappa shape index (κ3) is 0.883. The van der Waals surface area contributed by atoms with Crippen molar-refractivity contribution in [1.29, 1.82) is 5.26 Å². The summed E-state index contributed by atoms with van der Waals surface area (Å²) in [5.41, 5.74) is 0.207. The second-order valence-electron chi connectivity index (χ2n) is 4.89. The van der Waals surface area contributed by atoms with Crippen molar-refractivity contribution in [2.75, 3.05) is 0 Å². The van der Waals surface area contributed by atoms with Gasteiger partial charge in [-0.3, -0.25) is 0 Å². The van der Waals surface area contributed by atoms with Crippen molar-refractivity contribution < 1.29 is 9.90 Å². The first-order valence-electron chi connectivity index (χ1n) is 5.07. The lowest BCUT2D eigenvalue weighted by Gasteiger charge is -2.66. The van der Waals surface area contributed by atoms with Crippen LogP contribution in [0.4, 0.5) is 0 Å². The van der Waals surface area contributed by atoms with Crippen LogP contribution in [0.3, 0.4) is 0 Å². The van der Waals surface area contributed by atoms with Crippen molar-refractivity contribution in [2.24, 2.45) is 12.5 Å². The van der Waals surface area contributed by atoms with Gasteiger partial charge in [-0.15, -0.1) is 5.10 Å². The molecule has 0 unspecified atom stereocenters. The summed E-state index contributed by atoms with van der Waals surface area (Å²) in [6, 6.07) is 2.29. The van der Waals surface area contributed by atoms with E-state index in [0.29, 0.717) is 5.69 Å². The first-order valence-corrected chi connectivity index (χ1v) is 5.07. The second-order valence-corrected chi connectivity index (χ2v) is 4.89. The number of hydrogen-bond donors (Lipinski definition) is 1. The van der Waals surface area contributed by atoms with Gasteiger partial charge < -0.3 is 5.11 Å². The summed E-state index contributed by atoms with van der Waals surface area (Å²) in [4.78, 5) is 12.3. The molecule has 0 spiro atoms. The molecule has 0 radical (unpaired) electrons. The van der Waals surface area contributed by atoms with Gasteiger partial charge in [-0.05, 0) is 19.3 Å². The van der Waals surface area contributed by atoms with Crippen molar-refractivity contribution in [3.63, 3.8) is 0 Å². The Morgan fingerprint density at radius 2 is 2.12 bits per heavy atom. The van der Waals surface area contributed by atoms with Gasteiger partial charge in [0.15, 0.2) is 5.69 Å². The van der Waals surface area contributed by atoms with Crippen LogP contribution in [0.5, 0.6) is 0 Å². The average molecular weight is 218 g/mol. The number of carbonyl (C=O) groups is 1. The highest BCUT2D eigenvalue weighted by Gasteiger charge is 2.71. The Kier molecular flexibility index (Phi) is 1.42. The van der Waals surface area contributed by atoms with Crippen LogP contribution in [0.15, 0.2) is 0 Å². The number of nitriles is 1. The van der Waals surface area contributed by atoms with E-state index in [0.717, 1.165) is 19.3 Å². The highest BCUT2D eigenvalue weighted by Crippen LogP contribution is 2.73. The minimum atomic E-state index is -1.04. The molecule has 1 heterocycles. The Labute approximate surface area is 91.5 Å². The fourth-order valence-electron chi connectivity index (χ4n) is 3.07. The molecular formula is C10H10N4O2. The molecule has 82 valence electrons. The van der Waals surface area contributed by atoms with Crippen LogP contribution >= 0.6 is 0 Å². The molecule has 3 aliphatic carbocycles. The van der Waals surface area contributed by atoms with Crippen LogP contribution in [-0.2, 0) is 12.5 Å². The molecule has 2 bridgehead atoms. The molecule has 6 nitrogen and oxygen atoms in total. The molecule has 0 saturated heterocycles. The number of aryl methyl sites for hydroxylation is 1. The first kappa shape index (κ1) is 9.33. The Bertz CT molecular complexity index is 520. The summed E-state index contributed by atoms with van der Waals surface area (Å²) >= 11 is 0. The minimum absolute atomic E-state index is 0.0359. The number of rotatable bonds is 2. The van der Waals surface area contributed by atoms with Gasteiger partial charge in [0, 0.05) is 12.5 Å². The van der Waals surface area contributed by atoms with Gasteiger partial charge in [-0.2, -0.15) is 15.2 Å². The quantitative estimate of drug-likeness (QED) is 0.778. The maximum absolute atomic E-state index is 11.0. The van der Waals surface area contributed by atoms with Crippen LogP contribution < -0.4 is 0 Å². The van der Waals surface area contributed by atoms with E-state index in [9.17, 15) is 4.79 Å². The van der Waals surface area contributed by atoms with Crippen molar-refractivity contribution in [2.45, 2.75) is 24.7 Å². The van der Waals surface area contributed by atoms with Gasteiger partial charge in [0.25, 0.3) is 0 Å². The van der Waals surface area contributed by atoms with Crippen molar-refractivity contribution >= 4 is 5.97 Å². The highest BCUT2D eigenvalue weighted by atomic mass is 16.4. The van der Waals surface area contributed by atoms with Gasteiger partial charge >= 0.3 is 5.97 Å². The van der Waals surface area contributed by atoms with E-state index >= 15 is 0 Å². The number of nitrogens with zero attached hydrogens (tertiary/aromatic N) is 4. The Morgan fingerprint density at radius 3 is 2.62 bits per heavy atom. The molecule has 3 fully saturated rings. The molecule has 4 rings (SSSR count). The summed E-state index contributed by atoms with van der Waals surface area (Å²) < 4.78 is 0. The lowest BCUT2D eigenvalue weighted by molar-refractivity contribution is -0.0963. The van der Waals surface area contributed by atoms with E-state index in [1.807, 2.05) is 0 Å². The molecule has 0 atom stereocenters. The second kappa shape index (κ2) is 2.43. The fraction of sp³-hybridized carbons (Fsp3) is 0.600. The summed E-state index contributed by atoms with van der Waals surface area (Å²) in [5.74, 6) is -1.04. The summed E-state index contributed by atoms with van der Waals surface area (Å²) in [7, 11) is 1.61. The smallest absolute Gasteiger partial charge is 0.358 e. The molecule has 16 heavy (non-hydrogen) atoms. The van der Waals surface area contributed by atoms with Crippen molar-refractivity contribution in [1.82, 2.24) is 15.0 Å². The van der Waals surface area contributed by atoms with Crippen LogP contribution in [0, 0.1) is 16.7 Å². The highest BCUT2D eigenvalue weighted by molar-refractivity contribution is 5.87. The maximum atomic E-state index is 11.0.